The van der Waals surface area contributed by atoms with Gasteiger partial charge in [0.25, 0.3) is 0 Å². The van der Waals surface area contributed by atoms with E-state index in [-0.39, 0.29) is 51.7 Å². The molecule has 1 rings (SSSR count). The van der Waals surface area contributed by atoms with Gasteiger partial charge >= 0.3 is 55.6 Å². The summed E-state index contributed by atoms with van der Waals surface area (Å²) >= 11 is 0. The smallest absolute Gasteiger partial charge is 1.00 e. The second-order valence-corrected chi connectivity index (χ2v) is 2.82. The van der Waals surface area contributed by atoms with Gasteiger partial charge < -0.3 is 18.4 Å². The van der Waals surface area contributed by atoms with Crippen LogP contribution in [0.4, 0.5) is 0 Å². The molecule has 0 amide bonds. The van der Waals surface area contributed by atoms with Gasteiger partial charge in [-0.25, -0.2) is 9.59 Å². The van der Waals surface area contributed by atoms with Crippen molar-refractivity contribution in [2.24, 2.45) is 5.73 Å². The van der Waals surface area contributed by atoms with Crippen LogP contribution < -0.4 is 5.73 Å². The van der Waals surface area contributed by atoms with Crippen molar-refractivity contribution in [2.75, 3.05) is 6.54 Å². The van der Waals surface area contributed by atoms with Gasteiger partial charge in [0.1, 0.15) is 0 Å². The zero-order chi connectivity index (χ0) is 12.1. The number of ether oxygens (including phenoxy) is 1. The number of carboxylic acid groups (broad SMARTS) is 1. The van der Waals surface area contributed by atoms with E-state index in [0.29, 0.717) is 0 Å². The minimum Gasteiger partial charge on any atom is -1.00 e. The van der Waals surface area contributed by atoms with E-state index in [2.05, 4.69) is 4.74 Å². The Morgan fingerprint density at radius 1 is 1.24 bits per heavy atom. The Morgan fingerprint density at radius 2 is 1.76 bits per heavy atom. The summed E-state index contributed by atoms with van der Waals surface area (Å²) in [6.45, 7) is -0.443. The van der Waals surface area contributed by atoms with Crippen molar-refractivity contribution in [2.45, 2.75) is 0 Å². The molecule has 0 fully saturated rings. The summed E-state index contributed by atoms with van der Waals surface area (Å²) in [5.74, 6) is -3.20. The van der Waals surface area contributed by atoms with Gasteiger partial charge in [-0.2, -0.15) is 0 Å². The van der Waals surface area contributed by atoms with Crippen LogP contribution in [0.2, 0.25) is 0 Å². The van der Waals surface area contributed by atoms with E-state index in [4.69, 9.17) is 10.8 Å². The topological polar surface area (TPSA) is 107 Å². The molecule has 0 radical (unpaired) electrons. The van der Waals surface area contributed by atoms with Crippen molar-refractivity contribution in [3.05, 3.63) is 35.4 Å². The van der Waals surface area contributed by atoms with E-state index in [9.17, 15) is 14.4 Å². The molecule has 0 aliphatic heterocycles. The first-order chi connectivity index (χ1) is 7.56. The van der Waals surface area contributed by atoms with Crippen LogP contribution in [0.25, 0.3) is 0 Å². The molecule has 0 aromatic heterocycles. The number of aromatic carboxylic acids is 1. The Balaban J connectivity index is -0.000000853. The van der Waals surface area contributed by atoms with Gasteiger partial charge in [0.15, 0.2) is 0 Å². The van der Waals surface area contributed by atoms with Gasteiger partial charge in [0.2, 0.25) is 0 Å². The minimum atomic E-state index is -1.27. The molecule has 0 saturated heterocycles. The van der Waals surface area contributed by atoms with Crippen molar-refractivity contribution in [1.29, 1.82) is 0 Å². The van der Waals surface area contributed by atoms with Crippen molar-refractivity contribution >= 4 is 55.6 Å². The van der Waals surface area contributed by atoms with Crippen LogP contribution in [0, 0.1) is 0 Å². The van der Waals surface area contributed by atoms with E-state index in [0.717, 1.165) is 0 Å². The van der Waals surface area contributed by atoms with Gasteiger partial charge in [-0.1, -0.05) is 12.1 Å². The Labute approximate surface area is 130 Å². The molecule has 0 saturated carbocycles. The fraction of sp³-hybridized carbons (Fsp3) is 0.100. The van der Waals surface area contributed by atoms with Crippen molar-refractivity contribution in [3.63, 3.8) is 0 Å². The van der Waals surface area contributed by atoms with Crippen LogP contribution >= 0.6 is 0 Å². The maximum atomic E-state index is 11.4. The molecule has 0 aliphatic carbocycles. The molecule has 0 heterocycles. The number of carboxylic acids is 1. The van der Waals surface area contributed by atoms with E-state index in [1.165, 1.54) is 24.3 Å². The van der Waals surface area contributed by atoms with Gasteiger partial charge in [0.05, 0.1) is 17.7 Å². The Kier molecular flexibility index (Phi) is 6.98. The number of hydrogen-bond acceptors (Lipinski definition) is 5. The second kappa shape index (κ2) is 7.39. The summed E-state index contributed by atoms with van der Waals surface area (Å²) in [5, 5.41) is 8.79. The van der Waals surface area contributed by atoms with E-state index in [1.807, 2.05) is 0 Å². The molecule has 7 heteroatoms. The van der Waals surface area contributed by atoms with Gasteiger partial charge in [-0.05, 0) is 12.1 Å². The number of rotatable bonds is 3. The van der Waals surface area contributed by atoms with E-state index < -0.39 is 24.5 Å². The standard InChI is InChI=1S/C10H9NO5.Ca.2H/c11-5-8(12)16-10(15)7-4-2-1-3-6(7)9(13)14;;;/h1-4H,5,11H2,(H,13,14);;;/q;+2;2*-1. The van der Waals surface area contributed by atoms with Gasteiger partial charge in [-0.3, -0.25) is 4.79 Å². The fourth-order valence-corrected chi connectivity index (χ4v) is 1.05. The van der Waals surface area contributed by atoms with Crippen molar-refractivity contribution in [3.8, 4) is 0 Å². The first-order valence-electron chi connectivity index (χ1n) is 4.33. The number of esters is 2. The Morgan fingerprint density at radius 3 is 2.24 bits per heavy atom. The summed E-state index contributed by atoms with van der Waals surface area (Å²) in [5.41, 5.74) is 4.54. The molecule has 1 aromatic carbocycles. The third-order valence-corrected chi connectivity index (χ3v) is 1.75. The van der Waals surface area contributed by atoms with Crippen LogP contribution in [0.3, 0.4) is 0 Å². The molecule has 17 heavy (non-hydrogen) atoms. The van der Waals surface area contributed by atoms with Gasteiger partial charge in [0, 0.05) is 0 Å². The molecule has 3 N–H and O–H groups in total. The predicted octanol–water partition coefficient (Wildman–Crippen LogP) is -0.129. The van der Waals surface area contributed by atoms with Crippen LogP contribution in [-0.4, -0.2) is 67.3 Å². The van der Waals surface area contributed by atoms with E-state index >= 15 is 0 Å². The third kappa shape index (κ3) is 4.43. The van der Waals surface area contributed by atoms with E-state index in [1.54, 1.807) is 0 Å². The molecule has 88 valence electrons. The molecule has 0 bridgehead atoms. The maximum Gasteiger partial charge on any atom is 2.00 e. The predicted molar refractivity (Wildman–Crippen MR) is 60.9 cm³/mol. The van der Waals surface area contributed by atoms with Crippen LogP contribution in [-0.2, 0) is 9.53 Å². The van der Waals surface area contributed by atoms with Crippen molar-refractivity contribution in [1.82, 2.24) is 0 Å². The zero-order valence-corrected chi connectivity index (χ0v) is 11.1. The quantitative estimate of drug-likeness (QED) is 0.448. The van der Waals surface area contributed by atoms with Crippen LogP contribution in [0.5, 0.6) is 0 Å². The van der Waals surface area contributed by atoms with Crippen LogP contribution in [0.15, 0.2) is 24.3 Å². The zero-order valence-electron chi connectivity index (χ0n) is 10.9. The number of carbonyl (C=O) groups excluding carboxylic acids is 2. The molecule has 0 aliphatic rings. The number of carbonyl (C=O) groups is 3. The van der Waals surface area contributed by atoms with Gasteiger partial charge in [-0.15, -0.1) is 0 Å². The summed E-state index contributed by atoms with van der Waals surface area (Å²) < 4.78 is 4.31. The van der Waals surface area contributed by atoms with Crippen molar-refractivity contribution < 1.29 is 27.1 Å². The number of nitrogens with two attached hydrogens (primary N) is 1. The molecule has 6 nitrogen and oxygen atoms in total. The monoisotopic (exact) mass is 265 g/mol. The first-order valence-corrected chi connectivity index (χ1v) is 4.33. The maximum absolute atomic E-state index is 11.4. The summed E-state index contributed by atoms with van der Waals surface area (Å²) in [4.78, 5) is 32.9. The summed E-state index contributed by atoms with van der Waals surface area (Å²) in [6.07, 6.45) is 0. The summed E-state index contributed by atoms with van der Waals surface area (Å²) in [6, 6.07) is 5.43. The Hall–Kier alpha value is -0.950. The third-order valence-electron chi connectivity index (χ3n) is 1.75. The first kappa shape index (κ1) is 16.0. The minimum absolute atomic E-state index is 0. The molecule has 0 atom stereocenters. The molecular formula is C10H11CaNO5. The number of hydrogen-bond donors (Lipinski definition) is 2. The molecule has 0 unspecified atom stereocenters. The largest absolute Gasteiger partial charge is 2.00 e. The fourth-order valence-electron chi connectivity index (χ4n) is 1.05. The SMILES string of the molecule is NCC(=O)OC(=O)c1ccccc1C(=O)O.[Ca+2].[H-].[H-]. The molecular weight excluding hydrogens is 254 g/mol. The normalized spacial score (nSPS) is 9.00. The average Bonchev–Trinajstić information content (AvgIpc) is 2.28. The van der Waals surface area contributed by atoms with Crippen LogP contribution in [0.1, 0.15) is 23.6 Å². The molecule has 1 aromatic rings. The Bertz CT molecular complexity index is 455. The second-order valence-electron chi connectivity index (χ2n) is 2.82. The summed E-state index contributed by atoms with van der Waals surface area (Å²) in [7, 11) is 0. The molecule has 0 spiro atoms. The average molecular weight is 265 g/mol. The number of benzene rings is 1.